The van der Waals surface area contributed by atoms with Gasteiger partial charge in [-0.25, -0.2) is 0 Å². The standard InChI is InChI=1S/C62H111N11O13/c1-25-27-28-39(13)51(75)50-55(79)65-42(26-2)57(81)67(18)33-47(74)68(19)43(29-34(3)4)54(78)66-48(37(9)10)60(84)69(20)44(30-35(5)6)53(77)63-40(14)52(76)64-41(15)56(80)70(21)45(31-36(7)8)58(82)71(22)46(32-62(16,17)86)59(83)72(23)49(38(11)12)61(85)73(50)24/h25,27,34-46,48-51,75,86H,26,28-33H2,1-24H3,(H,63,77)(H,64,76)(H,65,79)(H,66,78)/b27-25+/t39?,40-,41+,42-,43-,44-,45-,46+,48-,49-,50-,51?/m0/s1. The lowest BCUT2D eigenvalue weighted by molar-refractivity contribution is -0.158. The van der Waals surface area contributed by atoms with Crippen LogP contribution in [0.1, 0.15) is 156 Å². The molecule has 12 atom stereocenters. The fourth-order valence-corrected chi connectivity index (χ4v) is 10.7. The first-order valence-electron chi connectivity index (χ1n) is 30.6. The number of allylic oxidation sites excluding steroid dienone is 2. The summed E-state index contributed by atoms with van der Waals surface area (Å²) in [7, 11) is 9.60. The van der Waals surface area contributed by atoms with Gasteiger partial charge in [-0.3, -0.25) is 52.7 Å². The Morgan fingerprint density at radius 1 is 0.512 bits per heavy atom. The fraction of sp³-hybridized carbons (Fsp3) is 0.790. The van der Waals surface area contributed by atoms with Crippen molar-refractivity contribution in [1.82, 2.24) is 55.6 Å². The molecule has 6 N–H and O–H groups in total. The number of hydrogen-bond acceptors (Lipinski definition) is 13. The zero-order chi connectivity index (χ0) is 66.9. The molecule has 0 bridgehead atoms. The predicted octanol–water partition coefficient (Wildman–Crippen LogP) is 2.38. The van der Waals surface area contributed by atoms with Crippen molar-refractivity contribution >= 4 is 65.0 Å². The van der Waals surface area contributed by atoms with Gasteiger partial charge in [0.25, 0.3) is 0 Å². The molecular formula is C62H111N11O13. The van der Waals surface area contributed by atoms with Gasteiger partial charge in [-0.15, -0.1) is 0 Å². The van der Waals surface area contributed by atoms with E-state index in [-0.39, 0.29) is 56.3 Å². The molecular weight excluding hydrogens is 1110 g/mol. The van der Waals surface area contributed by atoms with Gasteiger partial charge in [0, 0.05) is 55.8 Å². The summed E-state index contributed by atoms with van der Waals surface area (Å²) in [6.45, 7) is 28.1. The van der Waals surface area contributed by atoms with Crippen molar-refractivity contribution in [2.75, 3.05) is 55.9 Å². The molecule has 24 nitrogen and oxygen atoms in total. The van der Waals surface area contributed by atoms with Crippen LogP contribution in [-0.2, 0) is 52.7 Å². The molecule has 1 heterocycles. The quantitative estimate of drug-likeness (QED) is 0.129. The molecule has 1 fully saturated rings. The molecule has 2 unspecified atom stereocenters. The summed E-state index contributed by atoms with van der Waals surface area (Å²) >= 11 is 0. The van der Waals surface area contributed by atoms with Gasteiger partial charge in [-0.1, -0.05) is 95.2 Å². The number of hydrogen-bond donors (Lipinski definition) is 6. The van der Waals surface area contributed by atoms with Crippen molar-refractivity contribution in [3.63, 3.8) is 0 Å². The molecule has 0 aliphatic carbocycles. The third-order valence-corrected chi connectivity index (χ3v) is 16.1. The van der Waals surface area contributed by atoms with Crippen LogP contribution >= 0.6 is 0 Å². The zero-order valence-corrected chi connectivity index (χ0v) is 56.4. The molecule has 0 aromatic carbocycles. The molecule has 1 aliphatic rings. The first kappa shape index (κ1) is 77.8. The molecule has 0 aromatic heterocycles. The average Bonchev–Trinajstić information content (AvgIpc) is 1.66. The lowest BCUT2D eigenvalue weighted by Crippen LogP contribution is -2.64. The molecule has 0 radical (unpaired) electrons. The minimum Gasteiger partial charge on any atom is -0.390 e. The second kappa shape index (κ2) is 34.4. The van der Waals surface area contributed by atoms with E-state index in [2.05, 4.69) is 21.3 Å². The normalized spacial score (nSPS) is 26.9. The molecule has 492 valence electrons. The van der Waals surface area contributed by atoms with Gasteiger partial charge in [-0.05, 0) is 102 Å². The third-order valence-electron chi connectivity index (χ3n) is 16.1. The third kappa shape index (κ3) is 21.9. The first-order chi connectivity index (χ1) is 39.5. The van der Waals surface area contributed by atoms with Crippen molar-refractivity contribution in [3.8, 4) is 0 Å². The van der Waals surface area contributed by atoms with E-state index in [0.29, 0.717) is 0 Å². The minimum atomic E-state index is -1.66. The second-order valence-corrected chi connectivity index (χ2v) is 26.5. The summed E-state index contributed by atoms with van der Waals surface area (Å²) in [6.07, 6.45) is 2.35. The minimum absolute atomic E-state index is 0.000405. The Labute approximate surface area is 513 Å². The molecule has 1 aliphatic heterocycles. The Hall–Kier alpha value is -6.17. The molecule has 11 amide bonds. The number of carbonyl (C=O) groups is 11. The van der Waals surface area contributed by atoms with Crippen LogP contribution < -0.4 is 21.3 Å². The molecule has 0 aromatic rings. The lowest BCUT2D eigenvalue weighted by atomic mass is 9.91. The SMILES string of the molecule is C/C=C/CC(C)C(O)[C@H]1C(=O)N[C@@H](CC)C(=O)N(C)CC(=O)N(C)[C@@H](CC(C)C)C(=O)N[C@@H](C(C)C)C(=O)N(C)[C@@H](CC(C)C)C(=O)N[C@@H](C)C(=O)N[C@H](C)C(=O)N(C)[C@@H](CC(C)C)C(=O)N(C)[C@H](CC(C)(C)O)C(=O)N(C)[C@@H](C(C)C)C(=O)N1C. The van der Waals surface area contributed by atoms with Crippen LogP contribution in [-0.4, -0.2) is 237 Å². The largest absolute Gasteiger partial charge is 0.390 e. The van der Waals surface area contributed by atoms with Crippen LogP contribution in [0.4, 0.5) is 0 Å². The van der Waals surface area contributed by atoms with Crippen molar-refractivity contribution < 1.29 is 63.0 Å². The highest BCUT2D eigenvalue weighted by molar-refractivity contribution is 5.99. The number of likely N-dealkylation sites (N-methyl/N-ethyl adjacent to an activating group) is 7. The number of aliphatic hydroxyl groups is 2. The van der Waals surface area contributed by atoms with Crippen LogP contribution in [0.2, 0.25) is 0 Å². The van der Waals surface area contributed by atoms with Gasteiger partial charge in [0.05, 0.1) is 18.2 Å². The molecule has 0 saturated carbocycles. The lowest BCUT2D eigenvalue weighted by Gasteiger charge is -2.42. The highest BCUT2D eigenvalue weighted by Crippen LogP contribution is 2.26. The van der Waals surface area contributed by atoms with E-state index in [1.165, 1.54) is 91.7 Å². The topological polar surface area (TPSA) is 299 Å². The summed E-state index contributed by atoms with van der Waals surface area (Å²) in [5.74, 6) is -10.3. The summed E-state index contributed by atoms with van der Waals surface area (Å²) in [4.78, 5) is 168. The first-order valence-corrected chi connectivity index (χ1v) is 30.6. The van der Waals surface area contributed by atoms with Gasteiger partial charge >= 0.3 is 0 Å². The van der Waals surface area contributed by atoms with E-state index in [4.69, 9.17) is 0 Å². The maximum atomic E-state index is 15.1. The van der Waals surface area contributed by atoms with Gasteiger partial charge < -0.3 is 65.8 Å². The summed E-state index contributed by atoms with van der Waals surface area (Å²) in [5.41, 5.74) is -1.58. The monoisotopic (exact) mass is 1220 g/mol. The van der Waals surface area contributed by atoms with Gasteiger partial charge in [0.2, 0.25) is 65.0 Å². The van der Waals surface area contributed by atoms with Crippen molar-refractivity contribution in [1.29, 1.82) is 0 Å². The van der Waals surface area contributed by atoms with Gasteiger partial charge in [0.15, 0.2) is 0 Å². The van der Waals surface area contributed by atoms with E-state index in [9.17, 15) is 53.4 Å². The van der Waals surface area contributed by atoms with E-state index in [1.807, 2.05) is 41.5 Å². The summed E-state index contributed by atoms with van der Waals surface area (Å²) in [5, 5.41) is 34.3. The Balaban J connectivity index is 4.36. The average molecular weight is 1220 g/mol. The maximum absolute atomic E-state index is 15.1. The zero-order valence-electron chi connectivity index (χ0n) is 56.4. The molecule has 0 spiro atoms. The van der Waals surface area contributed by atoms with Crippen molar-refractivity contribution in [2.45, 2.75) is 228 Å². The number of carbonyl (C=O) groups excluding carboxylic acids is 11. The number of nitrogens with one attached hydrogen (secondary N) is 4. The number of nitrogens with zero attached hydrogens (tertiary/aromatic N) is 7. The van der Waals surface area contributed by atoms with E-state index >= 15 is 9.59 Å². The fourth-order valence-electron chi connectivity index (χ4n) is 10.7. The molecule has 1 rings (SSSR count). The Morgan fingerprint density at radius 3 is 1.42 bits per heavy atom. The number of rotatable bonds is 15. The van der Waals surface area contributed by atoms with E-state index in [0.717, 1.165) is 19.6 Å². The summed E-state index contributed by atoms with van der Waals surface area (Å²) < 4.78 is 0. The van der Waals surface area contributed by atoms with Gasteiger partial charge in [-0.2, -0.15) is 0 Å². The van der Waals surface area contributed by atoms with Crippen LogP contribution in [0.5, 0.6) is 0 Å². The predicted molar refractivity (Wildman–Crippen MR) is 330 cm³/mol. The number of amides is 11. The van der Waals surface area contributed by atoms with Crippen LogP contribution in [0.15, 0.2) is 12.2 Å². The van der Waals surface area contributed by atoms with Crippen LogP contribution in [0.25, 0.3) is 0 Å². The number of aliphatic hydroxyl groups excluding tert-OH is 1. The van der Waals surface area contributed by atoms with Crippen molar-refractivity contribution in [2.24, 2.45) is 35.5 Å². The Morgan fingerprint density at radius 2 is 0.953 bits per heavy atom. The molecule has 24 heteroatoms. The smallest absolute Gasteiger partial charge is 0.246 e. The Kier molecular flexibility index (Phi) is 31.1. The van der Waals surface area contributed by atoms with Crippen molar-refractivity contribution in [3.05, 3.63) is 12.2 Å². The second-order valence-electron chi connectivity index (χ2n) is 26.5. The van der Waals surface area contributed by atoms with Crippen LogP contribution in [0, 0.1) is 35.5 Å². The highest BCUT2D eigenvalue weighted by atomic mass is 16.3. The van der Waals surface area contributed by atoms with E-state index in [1.54, 1.807) is 60.6 Å². The Bertz CT molecular complexity index is 2370. The summed E-state index contributed by atoms with van der Waals surface area (Å²) in [6, 6.07) is -13.0. The molecule has 86 heavy (non-hydrogen) atoms. The highest BCUT2D eigenvalue weighted by Gasteiger charge is 2.46. The van der Waals surface area contributed by atoms with E-state index < -0.39 is 161 Å². The van der Waals surface area contributed by atoms with Gasteiger partial charge in [0.1, 0.15) is 60.4 Å². The van der Waals surface area contributed by atoms with Crippen LogP contribution in [0.3, 0.4) is 0 Å². The molecule has 1 saturated heterocycles. The maximum Gasteiger partial charge on any atom is 0.246 e.